The Balaban J connectivity index is 2.70. The average Bonchev–Trinajstić information content (AvgIpc) is 2.32. The molecule has 0 saturated carbocycles. The molecule has 0 aliphatic carbocycles. The predicted molar refractivity (Wildman–Crippen MR) is 70.9 cm³/mol. The van der Waals surface area contributed by atoms with E-state index >= 15 is 0 Å². The number of ether oxygens (including phenoxy) is 1. The minimum Gasteiger partial charge on any atom is -0.496 e. The maximum absolute atomic E-state index is 5.38. The van der Waals surface area contributed by atoms with Crippen molar-refractivity contribution >= 4 is 12.2 Å². The highest BCUT2D eigenvalue weighted by molar-refractivity contribution is 7.71. The Bertz CT molecular complexity index is 605. The monoisotopic (exact) mass is 246 g/mol. The number of nitrogens with zero attached hydrogens (tertiary/aromatic N) is 1. The Kier molecular flexibility index (Phi) is 3.24. The third kappa shape index (κ3) is 2.36. The van der Waals surface area contributed by atoms with E-state index in [0.717, 1.165) is 22.6 Å². The summed E-state index contributed by atoms with van der Waals surface area (Å²) in [6.45, 7) is 4.05. The van der Waals surface area contributed by atoms with Gasteiger partial charge in [0.05, 0.1) is 12.8 Å². The van der Waals surface area contributed by atoms with Gasteiger partial charge in [0.1, 0.15) is 5.75 Å². The van der Waals surface area contributed by atoms with Crippen LogP contribution in [0.2, 0.25) is 0 Å². The SMILES string of the molecule is COc1ccc(C)cc1-c1[nH]c(=S)ncc1C. The van der Waals surface area contributed by atoms with E-state index in [4.69, 9.17) is 17.0 Å². The molecule has 0 aliphatic rings. The van der Waals surface area contributed by atoms with E-state index in [9.17, 15) is 0 Å². The van der Waals surface area contributed by atoms with Crippen LogP contribution in [-0.2, 0) is 0 Å². The first-order valence-electron chi connectivity index (χ1n) is 5.33. The number of H-pyrrole nitrogens is 1. The zero-order valence-corrected chi connectivity index (χ0v) is 10.9. The van der Waals surface area contributed by atoms with E-state index in [1.807, 2.05) is 26.0 Å². The highest BCUT2D eigenvalue weighted by Crippen LogP contribution is 2.30. The molecular formula is C13H14N2OS. The number of aryl methyl sites for hydroxylation is 2. The Morgan fingerprint density at radius 2 is 2.06 bits per heavy atom. The minimum atomic E-state index is 0.481. The fourth-order valence-electron chi connectivity index (χ4n) is 1.75. The number of nitrogens with one attached hydrogen (secondary N) is 1. The average molecular weight is 246 g/mol. The number of hydrogen-bond acceptors (Lipinski definition) is 3. The van der Waals surface area contributed by atoms with Gasteiger partial charge in [-0.1, -0.05) is 11.6 Å². The summed E-state index contributed by atoms with van der Waals surface area (Å²) in [5.41, 5.74) is 4.20. The number of rotatable bonds is 2. The Morgan fingerprint density at radius 1 is 1.29 bits per heavy atom. The summed E-state index contributed by atoms with van der Waals surface area (Å²) < 4.78 is 5.86. The van der Waals surface area contributed by atoms with Crippen molar-refractivity contribution in [1.82, 2.24) is 9.97 Å². The maximum Gasteiger partial charge on any atom is 0.197 e. The molecule has 1 aromatic heterocycles. The second-order valence-electron chi connectivity index (χ2n) is 3.95. The molecule has 2 aromatic rings. The third-order valence-corrected chi connectivity index (χ3v) is 2.83. The largest absolute Gasteiger partial charge is 0.496 e. The van der Waals surface area contributed by atoms with Gasteiger partial charge in [-0.05, 0) is 43.8 Å². The van der Waals surface area contributed by atoms with Crippen LogP contribution in [0.5, 0.6) is 5.75 Å². The van der Waals surface area contributed by atoms with E-state index in [2.05, 4.69) is 16.0 Å². The predicted octanol–water partition coefficient (Wildman–Crippen LogP) is 3.43. The van der Waals surface area contributed by atoms with Crippen LogP contribution in [0.3, 0.4) is 0 Å². The Morgan fingerprint density at radius 3 is 2.76 bits per heavy atom. The molecular weight excluding hydrogens is 232 g/mol. The molecule has 4 heteroatoms. The van der Waals surface area contributed by atoms with Gasteiger partial charge < -0.3 is 9.72 Å². The lowest BCUT2D eigenvalue weighted by molar-refractivity contribution is 0.416. The smallest absolute Gasteiger partial charge is 0.197 e. The first kappa shape index (κ1) is 11.8. The van der Waals surface area contributed by atoms with Crippen LogP contribution in [0.25, 0.3) is 11.3 Å². The fourth-order valence-corrected chi connectivity index (χ4v) is 1.91. The Hall–Kier alpha value is -1.68. The molecule has 3 nitrogen and oxygen atoms in total. The number of methoxy groups -OCH3 is 1. The van der Waals surface area contributed by atoms with Gasteiger partial charge in [0.25, 0.3) is 0 Å². The Labute approximate surface area is 105 Å². The molecule has 0 unspecified atom stereocenters. The first-order chi connectivity index (χ1) is 8.11. The molecule has 1 heterocycles. The lowest BCUT2D eigenvalue weighted by atomic mass is 10.0. The van der Waals surface area contributed by atoms with E-state index in [1.165, 1.54) is 5.56 Å². The van der Waals surface area contributed by atoms with Crippen molar-refractivity contribution in [3.63, 3.8) is 0 Å². The van der Waals surface area contributed by atoms with Crippen molar-refractivity contribution in [1.29, 1.82) is 0 Å². The second-order valence-corrected chi connectivity index (χ2v) is 4.34. The third-order valence-electron chi connectivity index (χ3n) is 2.63. The zero-order chi connectivity index (χ0) is 12.4. The van der Waals surface area contributed by atoms with Gasteiger partial charge >= 0.3 is 0 Å². The number of aromatic nitrogens is 2. The maximum atomic E-state index is 5.38. The molecule has 88 valence electrons. The van der Waals surface area contributed by atoms with Crippen LogP contribution in [0.4, 0.5) is 0 Å². The molecule has 2 rings (SSSR count). The van der Waals surface area contributed by atoms with E-state index in [-0.39, 0.29) is 0 Å². The van der Waals surface area contributed by atoms with Gasteiger partial charge in [0, 0.05) is 11.8 Å². The summed E-state index contributed by atoms with van der Waals surface area (Å²) >= 11 is 5.06. The standard InChI is InChI=1S/C13H14N2OS/c1-8-4-5-11(16-3)10(6-8)12-9(2)7-14-13(17)15-12/h4-7H,1-3H3,(H,14,15,17). The summed E-state index contributed by atoms with van der Waals surface area (Å²) in [5, 5.41) is 0. The highest BCUT2D eigenvalue weighted by Gasteiger charge is 2.09. The summed E-state index contributed by atoms with van der Waals surface area (Å²) in [6, 6.07) is 6.06. The van der Waals surface area contributed by atoms with Crippen LogP contribution in [-0.4, -0.2) is 17.1 Å². The van der Waals surface area contributed by atoms with Gasteiger partial charge in [-0.25, -0.2) is 4.98 Å². The molecule has 0 saturated heterocycles. The molecule has 1 aromatic carbocycles. The van der Waals surface area contributed by atoms with Crippen LogP contribution in [0, 0.1) is 18.6 Å². The van der Waals surface area contributed by atoms with E-state index in [1.54, 1.807) is 13.3 Å². The zero-order valence-electron chi connectivity index (χ0n) is 10.1. The van der Waals surface area contributed by atoms with Gasteiger partial charge in [0.15, 0.2) is 4.77 Å². The quantitative estimate of drug-likeness (QED) is 0.825. The second kappa shape index (κ2) is 4.67. The molecule has 17 heavy (non-hydrogen) atoms. The van der Waals surface area contributed by atoms with Crippen molar-refractivity contribution in [2.75, 3.05) is 7.11 Å². The molecule has 1 N–H and O–H groups in total. The first-order valence-corrected chi connectivity index (χ1v) is 5.73. The van der Waals surface area contributed by atoms with Crippen molar-refractivity contribution in [2.45, 2.75) is 13.8 Å². The molecule has 0 amide bonds. The van der Waals surface area contributed by atoms with E-state index < -0.39 is 0 Å². The molecule has 0 spiro atoms. The van der Waals surface area contributed by atoms with Gasteiger partial charge in [0.2, 0.25) is 0 Å². The van der Waals surface area contributed by atoms with Crippen LogP contribution in [0.15, 0.2) is 24.4 Å². The number of hydrogen-bond donors (Lipinski definition) is 1. The van der Waals surface area contributed by atoms with Gasteiger partial charge in [-0.15, -0.1) is 0 Å². The van der Waals surface area contributed by atoms with Gasteiger partial charge in [-0.3, -0.25) is 0 Å². The number of aromatic amines is 1. The summed E-state index contributed by atoms with van der Waals surface area (Å²) in [7, 11) is 1.67. The van der Waals surface area contributed by atoms with Crippen LogP contribution < -0.4 is 4.74 Å². The van der Waals surface area contributed by atoms with Crippen molar-refractivity contribution in [3.8, 4) is 17.0 Å². The molecule has 0 fully saturated rings. The lowest BCUT2D eigenvalue weighted by Gasteiger charge is -2.11. The van der Waals surface area contributed by atoms with Gasteiger partial charge in [-0.2, -0.15) is 0 Å². The normalized spacial score (nSPS) is 10.3. The van der Waals surface area contributed by atoms with Crippen molar-refractivity contribution < 1.29 is 4.74 Å². The summed E-state index contributed by atoms with van der Waals surface area (Å²) in [5.74, 6) is 0.829. The molecule has 0 atom stereocenters. The van der Waals surface area contributed by atoms with Crippen molar-refractivity contribution in [3.05, 3.63) is 40.3 Å². The molecule has 0 radical (unpaired) electrons. The fraction of sp³-hybridized carbons (Fsp3) is 0.231. The van der Waals surface area contributed by atoms with E-state index in [0.29, 0.717) is 4.77 Å². The molecule has 0 bridgehead atoms. The van der Waals surface area contributed by atoms with Crippen LogP contribution in [0.1, 0.15) is 11.1 Å². The lowest BCUT2D eigenvalue weighted by Crippen LogP contribution is -1.95. The summed E-state index contributed by atoms with van der Waals surface area (Å²) in [4.78, 5) is 7.18. The summed E-state index contributed by atoms with van der Waals surface area (Å²) in [6.07, 6.45) is 1.77. The van der Waals surface area contributed by atoms with Crippen LogP contribution >= 0.6 is 12.2 Å². The number of benzene rings is 1. The highest BCUT2D eigenvalue weighted by atomic mass is 32.1. The topological polar surface area (TPSA) is 37.9 Å². The minimum absolute atomic E-state index is 0.481. The molecule has 0 aliphatic heterocycles. The van der Waals surface area contributed by atoms with Crippen molar-refractivity contribution in [2.24, 2.45) is 0 Å².